The quantitative estimate of drug-likeness (QED) is 0.726. The fourth-order valence-electron chi connectivity index (χ4n) is 2.72. The molecule has 1 atom stereocenters. The third-order valence-electron chi connectivity index (χ3n) is 3.55. The van der Waals surface area contributed by atoms with Gasteiger partial charge in [0.1, 0.15) is 0 Å². The fraction of sp³-hybridized carbons (Fsp3) is 0.556. The summed E-state index contributed by atoms with van der Waals surface area (Å²) < 4.78 is 5.15. The maximum Gasteiger partial charge on any atom is 0.313 e. The molecule has 1 amide bonds. The molecule has 0 saturated carbocycles. The second kappa shape index (κ2) is 8.57. The van der Waals surface area contributed by atoms with Crippen molar-refractivity contribution in [2.45, 2.75) is 59.0 Å². The first-order valence-electron chi connectivity index (χ1n) is 7.91. The van der Waals surface area contributed by atoms with Crippen LogP contribution in [0, 0.1) is 0 Å². The second-order valence-electron chi connectivity index (χ2n) is 5.91. The SMILES string of the molecule is CCOC(=O)C(CC(=O)N(C(C)C)C(C)C)c1ccccc1. The molecule has 122 valence electrons. The van der Waals surface area contributed by atoms with Crippen molar-refractivity contribution in [3.8, 4) is 0 Å². The van der Waals surface area contributed by atoms with E-state index in [0.29, 0.717) is 6.61 Å². The van der Waals surface area contributed by atoms with Crippen LogP contribution in [0.2, 0.25) is 0 Å². The normalized spacial score (nSPS) is 12.3. The third-order valence-corrected chi connectivity index (χ3v) is 3.55. The van der Waals surface area contributed by atoms with Gasteiger partial charge >= 0.3 is 5.97 Å². The predicted octanol–water partition coefficient (Wildman–Crippen LogP) is 3.37. The first-order valence-corrected chi connectivity index (χ1v) is 7.91. The lowest BCUT2D eigenvalue weighted by Crippen LogP contribution is -2.43. The summed E-state index contributed by atoms with van der Waals surface area (Å²) in [6, 6.07) is 9.57. The van der Waals surface area contributed by atoms with Crippen molar-refractivity contribution >= 4 is 11.9 Å². The van der Waals surface area contributed by atoms with E-state index in [2.05, 4.69) is 0 Å². The molecule has 0 radical (unpaired) electrons. The molecule has 0 aliphatic heterocycles. The molecule has 0 aliphatic carbocycles. The molecule has 0 N–H and O–H groups in total. The number of benzene rings is 1. The van der Waals surface area contributed by atoms with Crippen molar-refractivity contribution in [2.24, 2.45) is 0 Å². The summed E-state index contributed by atoms with van der Waals surface area (Å²) in [5.41, 5.74) is 0.821. The number of rotatable bonds is 7. The molecule has 22 heavy (non-hydrogen) atoms. The topological polar surface area (TPSA) is 46.6 Å². The van der Waals surface area contributed by atoms with Gasteiger partial charge in [-0.25, -0.2) is 0 Å². The van der Waals surface area contributed by atoms with Crippen LogP contribution in [0.25, 0.3) is 0 Å². The number of amides is 1. The summed E-state index contributed by atoms with van der Waals surface area (Å²) in [6.07, 6.45) is 0.138. The summed E-state index contributed by atoms with van der Waals surface area (Å²) in [5, 5.41) is 0. The molecule has 0 aliphatic rings. The first-order chi connectivity index (χ1) is 10.4. The maximum absolute atomic E-state index is 12.6. The Hall–Kier alpha value is -1.84. The Labute approximate surface area is 133 Å². The molecule has 0 aromatic heterocycles. The second-order valence-corrected chi connectivity index (χ2v) is 5.91. The highest BCUT2D eigenvalue weighted by Gasteiger charge is 2.29. The Morgan fingerprint density at radius 3 is 2.05 bits per heavy atom. The van der Waals surface area contributed by atoms with Gasteiger partial charge in [0.2, 0.25) is 5.91 Å². The van der Waals surface area contributed by atoms with E-state index in [0.717, 1.165) is 5.56 Å². The largest absolute Gasteiger partial charge is 0.466 e. The minimum Gasteiger partial charge on any atom is -0.466 e. The van der Waals surface area contributed by atoms with Gasteiger partial charge in [-0.15, -0.1) is 0 Å². The van der Waals surface area contributed by atoms with Gasteiger partial charge in [0, 0.05) is 18.5 Å². The molecule has 0 heterocycles. The molecule has 0 saturated heterocycles. The van der Waals surface area contributed by atoms with E-state index in [9.17, 15) is 9.59 Å². The number of carbonyl (C=O) groups is 2. The lowest BCUT2D eigenvalue weighted by molar-refractivity contribution is -0.148. The first kappa shape index (κ1) is 18.2. The van der Waals surface area contributed by atoms with Gasteiger partial charge in [0.25, 0.3) is 0 Å². The van der Waals surface area contributed by atoms with Crippen LogP contribution in [0.15, 0.2) is 30.3 Å². The zero-order valence-electron chi connectivity index (χ0n) is 14.2. The van der Waals surface area contributed by atoms with Crippen molar-refractivity contribution in [1.29, 1.82) is 0 Å². The van der Waals surface area contributed by atoms with Crippen molar-refractivity contribution in [2.75, 3.05) is 6.61 Å². The number of ether oxygens (including phenoxy) is 1. The Bertz CT molecular complexity index is 474. The van der Waals surface area contributed by atoms with Crippen LogP contribution < -0.4 is 0 Å². The van der Waals surface area contributed by atoms with E-state index in [-0.39, 0.29) is 30.4 Å². The summed E-state index contributed by atoms with van der Waals surface area (Å²) in [6.45, 7) is 10.0. The zero-order chi connectivity index (χ0) is 16.7. The van der Waals surface area contributed by atoms with E-state index in [1.807, 2.05) is 62.9 Å². The minimum atomic E-state index is -0.548. The van der Waals surface area contributed by atoms with Gasteiger partial charge in [0.05, 0.1) is 12.5 Å². The number of nitrogens with zero attached hydrogens (tertiary/aromatic N) is 1. The molecule has 1 aromatic rings. The van der Waals surface area contributed by atoms with Crippen LogP contribution in [-0.4, -0.2) is 35.5 Å². The number of hydrogen-bond donors (Lipinski definition) is 0. The predicted molar refractivity (Wildman–Crippen MR) is 87.6 cm³/mol. The summed E-state index contributed by atoms with van der Waals surface area (Å²) in [5.74, 6) is -0.907. The maximum atomic E-state index is 12.6. The number of carbonyl (C=O) groups excluding carboxylic acids is 2. The fourth-order valence-corrected chi connectivity index (χ4v) is 2.72. The van der Waals surface area contributed by atoms with Crippen molar-refractivity contribution < 1.29 is 14.3 Å². The summed E-state index contributed by atoms with van der Waals surface area (Å²) in [7, 11) is 0. The minimum absolute atomic E-state index is 0.0214. The van der Waals surface area contributed by atoms with Gasteiger partial charge in [-0.3, -0.25) is 9.59 Å². The zero-order valence-corrected chi connectivity index (χ0v) is 14.2. The van der Waals surface area contributed by atoms with E-state index in [1.165, 1.54) is 0 Å². The van der Waals surface area contributed by atoms with Crippen molar-refractivity contribution in [3.05, 3.63) is 35.9 Å². The van der Waals surface area contributed by atoms with E-state index < -0.39 is 5.92 Å². The Balaban J connectivity index is 2.98. The van der Waals surface area contributed by atoms with Crippen LogP contribution in [0.5, 0.6) is 0 Å². The highest BCUT2D eigenvalue weighted by molar-refractivity contribution is 5.87. The van der Waals surface area contributed by atoms with Crippen LogP contribution >= 0.6 is 0 Å². The monoisotopic (exact) mass is 305 g/mol. The third kappa shape index (κ3) is 4.86. The van der Waals surface area contributed by atoms with E-state index >= 15 is 0 Å². The average Bonchev–Trinajstić information content (AvgIpc) is 2.45. The van der Waals surface area contributed by atoms with Crippen LogP contribution in [0.1, 0.15) is 52.5 Å². The van der Waals surface area contributed by atoms with Gasteiger partial charge in [-0.1, -0.05) is 30.3 Å². The lowest BCUT2D eigenvalue weighted by atomic mass is 9.94. The molecule has 1 aromatic carbocycles. The molecule has 0 spiro atoms. The van der Waals surface area contributed by atoms with Gasteiger partial charge in [0.15, 0.2) is 0 Å². The molecule has 4 heteroatoms. The Morgan fingerprint density at radius 2 is 1.59 bits per heavy atom. The van der Waals surface area contributed by atoms with Gasteiger partial charge in [-0.2, -0.15) is 0 Å². The van der Waals surface area contributed by atoms with E-state index in [4.69, 9.17) is 4.74 Å². The van der Waals surface area contributed by atoms with Crippen LogP contribution in [0.3, 0.4) is 0 Å². The average molecular weight is 305 g/mol. The summed E-state index contributed by atoms with van der Waals surface area (Å²) >= 11 is 0. The van der Waals surface area contributed by atoms with E-state index in [1.54, 1.807) is 6.92 Å². The molecule has 1 unspecified atom stereocenters. The molecule has 1 rings (SSSR count). The molecular weight excluding hydrogens is 278 g/mol. The van der Waals surface area contributed by atoms with Crippen LogP contribution in [-0.2, 0) is 14.3 Å². The van der Waals surface area contributed by atoms with Crippen molar-refractivity contribution in [3.63, 3.8) is 0 Å². The van der Waals surface area contributed by atoms with Crippen molar-refractivity contribution in [1.82, 2.24) is 4.90 Å². The van der Waals surface area contributed by atoms with Crippen LogP contribution in [0.4, 0.5) is 0 Å². The Morgan fingerprint density at radius 1 is 1.05 bits per heavy atom. The van der Waals surface area contributed by atoms with Gasteiger partial charge < -0.3 is 9.64 Å². The van der Waals surface area contributed by atoms with Gasteiger partial charge in [-0.05, 0) is 40.2 Å². The number of hydrogen-bond acceptors (Lipinski definition) is 3. The Kier molecular flexibility index (Phi) is 7.09. The highest BCUT2D eigenvalue weighted by atomic mass is 16.5. The molecule has 4 nitrogen and oxygen atoms in total. The smallest absolute Gasteiger partial charge is 0.313 e. The highest BCUT2D eigenvalue weighted by Crippen LogP contribution is 2.23. The molecule has 0 fully saturated rings. The lowest BCUT2D eigenvalue weighted by Gasteiger charge is -2.32. The standard InChI is InChI=1S/C18H27NO3/c1-6-22-18(21)16(15-10-8-7-9-11-15)12-17(20)19(13(2)3)14(4)5/h7-11,13-14,16H,6,12H2,1-5H3. The summed E-state index contributed by atoms with van der Waals surface area (Å²) in [4.78, 5) is 26.7. The number of esters is 1. The molecule has 0 bridgehead atoms. The molecular formula is C18H27NO3.